The molecule has 1 N–H and O–H groups in total. The van der Waals surface area contributed by atoms with Gasteiger partial charge in [0, 0.05) is 30.7 Å². The van der Waals surface area contributed by atoms with Crippen LogP contribution in [-0.2, 0) is 15.9 Å². The number of halogens is 1. The maximum absolute atomic E-state index is 6.12. The van der Waals surface area contributed by atoms with Gasteiger partial charge in [-0.25, -0.2) is 0 Å². The van der Waals surface area contributed by atoms with E-state index in [0.717, 1.165) is 23.7 Å². The van der Waals surface area contributed by atoms with Crippen molar-refractivity contribution >= 4 is 22.9 Å². The normalized spacial score (nSPS) is 18.8. The lowest BCUT2D eigenvalue weighted by Gasteiger charge is -2.26. The minimum absolute atomic E-state index is 0.158. The minimum atomic E-state index is -0.158. The molecule has 108 valence electrons. The Morgan fingerprint density at radius 1 is 1.42 bits per heavy atom. The van der Waals surface area contributed by atoms with E-state index in [0.29, 0.717) is 19.3 Å². The highest BCUT2D eigenvalue weighted by molar-refractivity contribution is 7.16. The first-order chi connectivity index (χ1) is 9.24. The standard InChI is InChI=1S/C14H22ClNO2S/c1-3-17-14(18-4-2)9-16-11-6-5-7-12-10(11)8-13(15)19-12/h8,11,14,16H,3-7,9H2,1-2H3. The van der Waals surface area contributed by atoms with Gasteiger partial charge < -0.3 is 14.8 Å². The summed E-state index contributed by atoms with van der Waals surface area (Å²) in [5.41, 5.74) is 1.37. The Hall–Kier alpha value is -0.130. The van der Waals surface area contributed by atoms with Crippen LogP contribution >= 0.6 is 22.9 Å². The van der Waals surface area contributed by atoms with Crippen molar-refractivity contribution in [2.24, 2.45) is 0 Å². The maximum atomic E-state index is 6.12. The van der Waals surface area contributed by atoms with Crippen molar-refractivity contribution in [3.8, 4) is 0 Å². The third-order valence-corrected chi connectivity index (χ3v) is 4.66. The SMILES string of the molecule is CCOC(CNC1CCCc2sc(Cl)cc21)OCC. The van der Waals surface area contributed by atoms with Crippen LogP contribution in [-0.4, -0.2) is 26.0 Å². The molecule has 1 aliphatic rings. The number of ether oxygens (including phenoxy) is 2. The first-order valence-corrected chi connectivity index (χ1v) is 8.18. The molecule has 1 heterocycles. The summed E-state index contributed by atoms with van der Waals surface area (Å²) in [7, 11) is 0. The number of aryl methyl sites for hydroxylation is 1. The van der Waals surface area contributed by atoms with Crippen LogP contribution in [0.3, 0.4) is 0 Å². The largest absolute Gasteiger partial charge is 0.352 e. The summed E-state index contributed by atoms with van der Waals surface area (Å²) in [6.45, 7) is 6.05. The minimum Gasteiger partial charge on any atom is -0.352 e. The molecule has 0 spiro atoms. The molecule has 0 bridgehead atoms. The molecule has 5 heteroatoms. The second-order valence-electron chi connectivity index (χ2n) is 4.62. The van der Waals surface area contributed by atoms with Crippen molar-refractivity contribution in [3.05, 3.63) is 20.8 Å². The molecule has 1 aromatic rings. The molecule has 0 radical (unpaired) electrons. The maximum Gasteiger partial charge on any atom is 0.169 e. The highest BCUT2D eigenvalue weighted by atomic mass is 35.5. The summed E-state index contributed by atoms with van der Waals surface area (Å²) in [5.74, 6) is 0. The smallest absolute Gasteiger partial charge is 0.169 e. The van der Waals surface area contributed by atoms with Gasteiger partial charge in [0.1, 0.15) is 0 Å². The monoisotopic (exact) mass is 303 g/mol. The molecular weight excluding hydrogens is 282 g/mol. The molecule has 1 aliphatic carbocycles. The Kier molecular flexibility index (Phi) is 6.10. The zero-order valence-corrected chi connectivity index (χ0v) is 13.1. The van der Waals surface area contributed by atoms with E-state index in [1.54, 1.807) is 11.3 Å². The van der Waals surface area contributed by atoms with E-state index in [9.17, 15) is 0 Å². The van der Waals surface area contributed by atoms with Gasteiger partial charge in [-0.1, -0.05) is 11.6 Å². The number of thiophene rings is 1. The van der Waals surface area contributed by atoms with Gasteiger partial charge in [-0.05, 0) is 44.7 Å². The third kappa shape index (κ3) is 4.17. The predicted molar refractivity (Wildman–Crippen MR) is 80.1 cm³/mol. The Balaban J connectivity index is 1.92. The zero-order valence-electron chi connectivity index (χ0n) is 11.6. The van der Waals surface area contributed by atoms with E-state index >= 15 is 0 Å². The fourth-order valence-corrected chi connectivity index (χ4v) is 3.89. The van der Waals surface area contributed by atoms with E-state index in [1.165, 1.54) is 16.9 Å². The lowest BCUT2D eigenvalue weighted by Crippen LogP contribution is -2.35. The number of nitrogens with one attached hydrogen (secondary N) is 1. The molecule has 3 nitrogen and oxygen atoms in total. The Morgan fingerprint density at radius 2 is 2.16 bits per heavy atom. The molecule has 19 heavy (non-hydrogen) atoms. The molecule has 1 aromatic heterocycles. The van der Waals surface area contributed by atoms with Crippen LogP contribution in [0.5, 0.6) is 0 Å². The second kappa shape index (κ2) is 7.60. The molecule has 1 unspecified atom stereocenters. The van der Waals surface area contributed by atoms with Crippen molar-refractivity contribution in [1.29, 1.82) is 0 Å². The average molecular weight is 304 g/mol. The molecule has 0 fully saturated rings. The van der Waals surface area contributed by atoms with E-state index in [2.05, 4.69) is 11.4 Å². The van der Waals surface area contributed by atoms with E-state index in [-0.39, 0.29) is 6.29 Å². The summed E-state index contributed by atoms with van der Waals surface area (Å²) in [6.07, 6.45) is 3.38. The van der Waals surface area contributed by atoms with E-state index in [1.807, 2.05) is 13.8 Å². The summed E-state index contributed by atoms with van der Waals surface area (Å²) >= 11 is 7.83. The van der Waals surface area contributed by atoms with Crippen LogP contribution in [0.25, 0.3) is 0 Å². The van der Waals surface area contributed by atoms with Crippen LogP contribution in [0, 0.1) is 0 Å². The number of hydrogen-bond donors (Lipinski definition) is 1. The molecule has 0 saturated carbocycles. The molecule has 0 amide bonds. The van der Waals surface area contributed by atoms with Crippen LogP contribution in [0.1, 0.15) is 43.2 Å². The molecule has 1 atom stereocenters. The fraction of sp³-hybridized carbons (Fsp3) is 0.714. The van der Waals surface area contributed by atoms with Gasteiger partial charge in [0.05, 0.1) is 4.34 Å². The highest BCUT2D eigenvalue weighted by Gasteiger charge is 2.23. The van der Waals surface area contributed by atoms with Gasteiger partial charge in [0.2, 0.25) is 0 Å². The summed E-state index contributed by atoms with van der Waals surface area (Å²) in [4.78, 5) is 1.43. The molecule has 0 aliphatic heterocycles. The Morgan fingerprint density at radius 3 is 2.84 bits per heavy atom. The first kappa shape index (κ1) is 15.3. The zero-order chi connectivity index (χ0) is 13.7. The van der Waals surface area contributed by atoms with Crippen LogP contribution < -0.4 is 5.32 Å². The summed E-state index contributed by atoms with van der Waals surface area (Å²) < 4.78 is 12.0. The van der Waals surface area contributed by atoms with Gasteiger partial charge in [-0.2, -0.15) is 0 Å². The van der Waals surface area contributed by atoms with Crippen molar-refractivity contribution in [2.75, 3.05) is 19.8 Å². The van der Waals surface area contributed by atoms with Crippen molar-refractivity contribution in [1.82, 2.24) is 5.32 Å². The quantitative estimate of drug-likeness (QED) is 0.778. The summed E-state index contributed by atoms with van der Waals surface area (Å²) in [6, 6.07) is 2.49. The van der Waals surface area contributed by atoms with E-state index in [4.69, 9.17) is 21.1 Å². The Bertz CT molecular complexity index is 391. The molecule has 2 rings (SSSR count). The number of rotatable bonds is 7. The summed E-state index contributed by atoms with van der Waals surface area (Å²) in [5, 5.41) is 3.56. The molecule has 0 saturated heterocycles. The second-order valence-corrected chi connectivity index (χ2v) is 6.39. The van der Waals surface area contributed by atoms with Gasteiger partial charge in [-0.15, -0.1) is 11.3 Å². The van der Waals surface area contributed by atoms with Crippen LogP contribution in [0.4, 0.5) is 0 Å². The first-order valence-electron chi connectivity index (χ1n) is 6.99. The van der Waals surface area contributed by atoms with Crippen LogP contribution in [0.15, 0.2) is 6.07 Å². The van der Waals surface area contributed by atoms with Crippen LogP contribution in [0.2, 0.25) is 4.34 Å². The predicted octanol–water partition coefficient (Wildman–Crippen LogP) is 3.77. The topological polar surface area (TPSA) is 30.5 Å². The molecular formula is C14H22ClNO2S. The fourth-order valence-electron chi connectivity index (χ4n) is 2.51. The third-order valence-electron chi connectivity index (χ3n) is 3.32. The van der Waals surface area contributed by atoms with Crippen molar-refractivity contribution in [2.45, 2.75) is 45.4 Å². The van der Waals surface area contributed by atoms with Gasteiger partial charge >= 0.3 is 0 Å². The van der Waals surface area contributed by atoms with Crippen molar-refractivity contribution in [3.63, 3.8) is 0 Å². The number of fused-ring (bicyclic) bond motifs is 1. The highest BCUT2D eigenvalue weighted by Crippen LogP contribution is 2.37. The molecule has 0 aromatic carbocycles. The lowest BCUT2D eigenvalue weighted by atomic mass is 9.94. The number of hydrogen-bond acceptors (Lipinski definition) is 4. The average Bonchev–Trinajstić information content (AvgIpc) is 2.77. The van der Waals surface area contributed by atoms with Crippen molar-refractivity contribution < 1.29 is 9.47 Å². The van der Waals surface area contributed by atoms with Gasteiger partial charge in [0.25, 0.3) is 0 Å². The van der Waals surface area contributed by atoms with E-state index < -0.39 is 0 Å². The Labute approximate surface area is 124 Å². The van der Waals surface area contributed by atoms with Gasteiger partial charge in [0.15, 0.2) is 6.29 Å². The van der Waals surface area contributed by atoms with Gasteiger partial charge in [-0.3, -0.25) is 0 Å². The lowest BCUT2D eigenvalue weighted by molar-refractivity contribution is -0.134.